The van der Waals surface area contributed by atoms with Crippen molar-refractivity contribution in [3.63, 3.8) is 0 Å². The van der Waals surface area contributed by atoms with Gasteiger partial charge < -0.3 is 14.2 Å². The molecule has 2 atom stereocenters. The maximum atomic E-state index is 13.1. The minimum absolute atomic E-state index is 0.0626. The van der Waals surface area contributed by atoms with E-state index in [2.05, 4.69) is 11.9 Å². The van der Waals surface area contributed by atoms with E-state index in [0.29, 0.717) is 25.3 Å². The Morgan fingerprint density at radius 1 is 1.09 bits per heavy atom. The van der Waals surface area contributed by atoms with Crippen molar-refractivity contribution in [2.45, 2.75) is 31.2 Å². The number of rotatable bonds is 3. The third-order valence-corrected chi connectivity index (χ3v) is 5.36. The third-order valence-electron chi connectivity index (χ3n) is 5.36. The maximum absolute atomic E-state index is 13.1. The van der Waals surface area contributed by atoms with Gasteiger partial charge in [0.2, 0.25) is 0 Å². The van der Waals surface area contributed by atoms with Crippen LogP contribution in [0.4, 0.5) is 0 Å². The number of benzene rings is 1. The summed E-state index contributed by atoms with van der Waals surface area (Å²) in [6.07, 6.45) is 1.34. The maximum Gasteiger partial charge on any atom is 0.184 e. The number of nitrogens with zero attached hydrogens (tertiary/aromatic N) is 1. The highest BCUT2D eigenvalue weighted by Gasteiger charge is 2.40. The largest absolute Gasteiger partial charge is 0.378 e. The number of ketones is 1. The molecule has 3 aliphatic heterocycles. The van der Waals surface area contributed by atoms with E-state index in [1.165, 1.54) is 0 Å². The number of ether oxygens (including phenoxy) is 3. The van der Waals surface area contributed by atoms with Gasteiger partial charge in [-0.3, -0.25) is 9.69 Å². The molecule has 1 aromatic rings. The average molecular weight is 317 g/mol. The smallest absolute Gasteiger partial charge is 0.184 e. The zero-order chi connectivity index (χ0) is 15.8. The minimum atomic E-state index is -0.399. The molecule has 0 aromatic heterocycles. The molecule has 3 aliphatic rings. The van der Waals surface area contributed by atoms with Crippen molar-refractivity contribution in [3.05, 3.63) is 35.4 Å². The highest BCUT2D eigenvalue weighted by atomic mass is 16.7. The number of fused-ring (bicyclic) bond motifs is 2. The quantitative estimate of drug-likeness (QED) is 0.798. The first-order chi connectivity index (χ1) is 11.2. The second-order valence-electron chi connectivity index (χ2n) is 6.70. The molecule has 0 saturated carbocycles. The van der Waals surface area contributed by atoms with Gasteiger partial charge in [0.05, 0.1) is 26.4 Å². The molecule has 3 heterocycles. The second kappa shape index (κ2) is 6.32. The molecule has 0 spiro atoms. The number of hydrogen-bond acceptors (Lipinski definition) is 5. The van der Waals surface area contributed by atoms with E-state index in [0.717, 1.165) is 37.2 Å². The van der Waals surface area contributed by atoms with Crippen LogP contribution >= 0.6 is 0 Å². The Kier molecular flexibility index (Phi) is 4.20. The molecule has 0 N–H and O–H groups in total. The number of Topliss-reactive ketones (excluding diaryl/α,β-unsaturated/α-hetero) is 1. The van der Waals surface area contributed by atoms with Crippen molar-refractivity contribution >= 4 is 5.78 Å². The third kappa shape index (κ3) is 2.83. The summed E-state index contributed by atoms with van der Waals surface area (Å²) in [6.45, 7) is 2.63. The van der Waals surface area contributed by atoms with Gasteiger partial charge in [-0.25, -0.2) is 0 Å². The van der Waals surface area contributed by atoms with E-state index in [9.17, 15) is 4.79 Å². The molecule has 0 radical (unpaired) electrons. The number of hydrogen-bond donors (Lipinski definition) is 0. The number of likely N-dealkylation sites (N-methyl/N-ethyl adjacent to an activating group) is 1. The SMILES string of the molecule is CN1C2COCC1CC(C(=O)c1ccccc1C1OCCO1)C2. The van der Waals surface area contributed by atoms with Gasteiger partial charge in [-0.15, -0.1) is 0 Å². The van der Waals surface area contributed by atoms with Crippen LogP contribution in [0.15, 0.2) is 24.3 Å². The summed E-state index contributed by atoms with van der Waals surface area (Å²) in [4.78, 5) is 15.5. The minimum Gasteiger partial charge on any atom is -0.378 e. The molecule has 1 aromatic carbocycles. The Hall–Kier alpha value is -1.27. The zero-order valence-electron chi connectivity index (χ0n) is 13.4. The van der Waals surface area contributed by atoms with Crippen molar-refractivity contribution in [3.8, 4) is 0 Å². The van der Waals surface area contributed by atoms with Crippen LogP contribution in [0.3, 0.4) is 0 Å². The van der Waals surface area contributed by atoms with Crippen LogP contribution in [-0.2, 0) is 14.2 Å². The van der Waals surface area contributed by atoms with Gasteiger partial charge in [-0.2, -0.15) is 0 Å². The van der Waals surface area contributed by atoms with Crippen LogP contribution in [0.2, 0.25) is 0 Å². The average Bonchev–Trinajstić information content (AvgIpc) is 3.08. The lowest BCUT2D eigenvalue weighted by molar-refractivity contribution is -0.0704. The first-order valence-corrected chi connectivity index (χ1v) is 8.40. The monoisotopic (exact) mass is 317 g/mol. The van der Waals surface area contributed by atoms with Crippen molar-refractivity contribution in [2.24, 2.45) is 5.92 Å². The summed E-state index contributed by atoms with van der Waals surface area (Å²) in [5.41, 5.74) is 1.63. The van der Waals surface area contributed by atoms with E-state index in [1.807, 2.05) is 24.3 Å². The van der Waals surface area contributed by atoms with Crippen molar-refractivity contribution in [1.82, 2.24) is 4.90 Å². The molecule has 2 bridgehead atoms. The van der Waals surface area contributed by atoms with Gasteiger partial charge in [-0.1, -0.05) is 24.3 Å². The van der Waals surface area contributed by atoms with Crippen LogP contribution in [0, 0.1) is 5.92 Å². The summed E-state index contributed by atoms with van der Waals surface area (Å²) in [7, 11) is 2.15. The number of carbonyl (C=O) groups excluding carboxylic acids is 1. The van der Waals surface area contributed by atoms with E-state index in [1.54, 1.807) is 0 Å². The molecule has 0 aliphatic carbocycles. The molecule has 4 rings (SSSR count). The van der Waals surface area contributed by atoms with Gasteiger partial charge in [0.1, 0.15) is 0 Å². The number of carbonyl (C=O) groups is 1. The lowest BCUT2D eigenvalue weighted by atomic mass is 9.80. The van der Waals surface area contributed by atoms with Gasteiger partial charge in [0.15, 0.2) is 12.1 Å². The van der Waals surface area contributed by atoms with Crippen molar-refractivity contribution < 1.29 is 19.0 Å². The van der Waals surface area contributed by atoms with E-state index in [4.69, 9.17) is 14.2 Å². The summed E-state index contributed by atoms with van der Waals surface area (Å²) in [6, 6.07) is 8.42. The fraction of sp³-hybridized carbons (Fsp3) is 0.611. The van der Waals surface area contributed by atoms with E-state index >= 15 is 0 Å². The molecule has 5 heteroatoms. The van der Waals surface area contributed by atoms with Gasteiger partial charge in [0.25, 0.3) is 0 Å². The summed E-state index contributed by atoms with van der Waals surface area (Å²) in [5, 5.41) is 0. The van der Waals surface area contributed by atoms with Gasteiger partial charge in [-0.05, 0) is 19.9 Å². The number of piperidine rings is 1. The molecule has 3 fully saturated rings. The molecule has 23 heavy (non-hydrogen) atoms. The Bertz CT molecular complexity index is 570. The summed E-state index contributed by atoms with van der Waals surface area (Å²) >= 11 is 0. The van der Waals surface area contributed by atoms with Gasteiger partial charge in [0, 0.05) is 29.1 Å². The molecule has 3 saturated heterocycles. The van der Waals surface area contributed by atoms with Crippen LogP contribution < -0.4 is 0 Å². The Balaban J connectivity index is 1.57. The molecular weight excluding hydrogens is 294 g/mol. The fourth-order valence-corrected chi connectivity index (χ4v) is 3.99. The fourth-order valence-electron chi connectivity index (χ4n) is 3.99. The summed E-state index contributed by atoms with van der Waals surface area (Å²) in [5.74, 6) is 0.289. The molecule has 2 unspecified atom stereocenters. The zero-order valence-corrected chi connectivity index (χ0v) is 13.4. The van der Waals surface area contributed by atoms with E-state index < -0.39 is 6.29 Å². The topological polar surface area (TPSA) is 48.0 Å². The lowest BCUT2D eigenvalue weighted by Crippen LogP contribution is -2.55. The highest BCUT2D eigenvalue weighted by molar-refractivity contribution is 5.99. The Labute approximate surface area is 136 Å². The standard InChI is InChI=1S/C18H23NO4/c1-19-13-8-12(9-14(19)11-21-10-13)17(20)15-4-2-3-5-16(15)18-22-6-7-23-18/h2-5,12-14,18H,6-11H2,1H3. The summed E-state index contributed by atoms with van der Waals surface area (Å²) < 4.78 is 16.9. The number of morpholine rings is 1. The lowest BCUT2D eigenvalue weighted by Gasteiger charge is -2.46. The van der Waals surface area contributed by atoms with Crippen molar-refractivity contribution in [1.29, 1.82) is 0 Å². The molecule has 0 amide bonds. The Morgan fingerprint density at radius 2 is 1.74 bits per heavy atom. The van der Waals surface area contributed by atoms with Crippen LogP contribution in [0.25, 0.3) is 0 Å². The first-order valence-electron chi connectivity index (χ1n) is 8.40. The normalized spacial score (nSPS) is 32.1. The Morgan fingerprint density at radius 3 is 2.43 bits per heavy atom. The first kappa shape index (κ1) is 15.3. The van der Waals surface area contributed by atoms with Crippen LogP contribution in [0.1, 0.15) is 35.1 Å². The predicted octanol–water partition coefficient (Wildman–Crippen LogP) is 2.02. The highest BCUT2D eigenvalue weighted by Crippen LogP contribution is 2.34. The van der Waals surface area contributed by atoms with Crippen molar-refractivity contribution in [2.75, 3.05) is 33.5 Å². The van der Waals surface area contributed by atoms with Gasteiger partial charge >= 0.3 is 0 Å². The molecule has 5 nitrogen and oxygen atoms in total. The van der Waals surface area contributed by atoms with E-state index in [-0.39, 0.29) is 11.7 Å². The van der Waals surface area contributed by atoms with Crippen LogP contribution in [-0.4, -0.2) is 56.2 Å². The second-order valence-corrected chi connectivity index (χ2v) is 6.70. The molecule has 124 valence electrons. The predicted molar refractivity (Wildman–Crippen MR) is 84.3 cm³/mol. The van der Waals surface area contributed by atoms with Crippen LogP contribution in [0.5, 0.6) is 0 Å². The molecular formula is C18H23NO4.